The molecule has 0 saturated carbocycles. The molecule has 28 heavy (non-hydrogen) atoms. The van der Waals surface area contributed by atoms with E-state index in [4.69, 9.17) is 14.2 Å². The quantitative estimate of drug-likeness (QED) is 0.722. The summed E-state index contributed by atoms with van der Waals surface area (Å²) in [7, 11) is 3.26. The molecule has 0 aliphatic carbocycles. The minimum absolute atomic E-state index is 0. The fraction of sp³-hybridized carbons (Fsp3) is 0.429. The van der Waals surface area contributed by atoms with Crippen molar-refractivity contribution in [2.24, 2.45) is 0 Å². The van der Waals surface area contributed by atoms with Crippen LogP contribution in [-0.4, -0.2) is 52.0 Å². The van der Waals surface area contributed by atoms with Crippen molar-refractivity contribution in [1.82, 2.24) is 10.2 Å². The van der Waals surface area contributed by atoms with E-state index >= 15 is 0 Å². The SMILES string of the molecule is COc1ccc(CNCC(c2cccc(F)c2)N2CCOCC2)cc1OC.Cl. The summed E-state index contributed by atoms with van der Waals surface area (Å²) in [4.78, 5) is 2.35. The summed E-state index contributed by atoms with van der Waals surface area (Å²) in [5.41, 5.74) is 2.09. The standard InChI is InChI=1S/C21H27FN2O3.ClH/c1-25-20-7-6-16(12-21(20)26-2)14-23-15-19(24-8-10-27-11-9-24)17-4-3-5-18(22)13-17;/h3-7,12-13,19,23H,8-11,14-15H2,1-2H3;1H. The molecular formula is C21H28ClFN2O3. The lowest BCUT2D eigenvalue weighted by atomic mass is 10.0. The topological polar surface area (TPSA) is 43.0 Å². The van der Waals surface area contributed by atoms with E-state index < -0.39 is 0 Å². The molecule has 1 aliphatic rings. The lowest BCUT2D eigenvalue weighted by Crippen LogP contribution is -2.42. The fourth-order valence-electron chi connectivity index (χ4n) is 3.40. The van der Waals surface area contributed by atoms with Gasteiger partial charge in [-0.05, 0) is 35.4 Å². The van der Waals surface area contributed by atoms with Crippen LogP contribution in [0.5, 0.6) is 11.5 Å². The van der Waals surface area contributed by atoms with Crippen molar-refractivity contribution in [2.45, 2.75) is 12.6 Å². The minimum Gasteiger partial charge on any atom is -0.493 e. The van der Waals surface area contributed by atoms with Gasteiger partial charge in [0.05, 0.1) is 27.4 Å². The molecule has 2 aromatic rings. The Morgan fingerprint density at radius 3 is 2.50 bits per heavy atom. The summed E-state index contributed by atoms with van der Waals surface area (Å²) >= 11 is 0. The van der Waals surface area contributed by atoms with Gasteiger partial charge in [-0.15, -0.1) is 12.4 Å². The molecule has 3 rings (SSSR count). The van der Waals surface area contributed by atoms with Crippen molar-refractivity contribution < 1.29 is 18.6 Å². The van der Waals surface area contributed by atoms with Crippen molar-refractivity contribution in [3.8, 4) is 11.5 Å². The molecule has 1 atom stereocenters. The average molecular weight is 411 g/mol. The molecule has 2 aromatic carbocycles. The molecule has 1 N–H and O–H groups in total. The number of ether oxygens (including phenoxy) is 3. The fourth-order valence-corrected chi connectivity index (χ4v) is 3.40. The van der Waals surface area contributed by atoms with E-state index in [-0.39, 0.29) is 24.3 Å². The van der Waals surface area contributed by atoms with Crippen LogP contribution in [0.3, 0.4) is 0 Å². The zero-order valence-electron chi connectivity index (χ0n) is 16.3. The molecule has 7 heteroatoms. The molecule has 1 unspecified atom stereocenters. The van der Waals surface area contributed by atoms with E-state index in [0.717, 1.165) is 30.8 Å². The number of methoxy groups -OCH3 is 2. The van der Waals surface area contributed by atoms with Crippen LogP contribution in [-0.2, 0) is 11.3 Å². The van der Waals surface area contributed by atoms with Crippen LogP contribution in [0, 0.1) is 5.82 Å². The summed E-state index contributed by atoms with van der Waals surface area (Å²) in [6.45, 7) is 4.52. The van der Waals surface area contributed by atoms with Gasteiger partial charge >= 0.3 is 0 Å². The summed E-state index contributed by atoms with van der Waals surface area (Å²) in [6, 6.07) is 12.9. The second-order valence-electron chi connectivity index (χ2n) is 6.54. The lowest BCUT2D eigenvalue weighted by Gasteiger charge is -2.35. The molecule has 1 fully saturated rings. The number of benzene rings is 2. The Labute approximate surface area is 172 Å². The van der Waals surface area contributed by atoms with Crippen molar-refractivity contribution in [1.29, 1.82) is 0 Å². The second kappa shape index (κ2) is 11.2. The highest BCUT2D eigenvalue weighted by Gasteiger charge is 2.22. The molecule has 1 saturated heterocycles. The zero-order chi connectivity index (χ0) is 19.1. The van der Waals surface area contributed by atoms with E-state index in [1.165, 1.54) is 6.07 Å². The number of nitrogens with one attached hydrogen (secondary N) is 1. The maximum atomic E-state index is 13.7. The first-order valence-electron chi connectivity index (χ1n) is 9.20. The maximum absolute atomic E-state index is 13.7. The Bertz CT molecular complexity index is 741. The minimum atomic E-state index is -0.203. The number of nitrogens with zero attached hydrogens (tertiary/aromatic N) is 1. The van der Waals surface area contributed by atoms with Gasteiger partial charge in [-0.2, -0.15) is 0 Å². The van der Waals surface area contributed by atoms with Gasteiger partial charge in [-0.1, -0.05) is 18.2 Å². The lowest BCUT2D eigenvalue weighted by molar-refractivity contribution is 0.0160. The molecule has 1 aliphatic heterocycles. The Balaban J connectivity index is 0.00000280. The summed E-state index contributed by atoms with van der Waals surface area (Å²) in [5, 5.41) is 3.50. The Kier molecular flexibility index (Phi) is 8.99. The van der Waals surface area contributed by atoms with Crippen LogP contribution in [0.1, 0.15) is 17.2 Å². The average Bonchev–Trinajstić information content (AvgIpc) is 2.71. The third kappa shape index (κ3) is 5.82. The van der Waals surface area contributed by atoms with Crippen LogP contribution >= 0.6 is 12.4 Å². The van der Waals surface area contributed by atoms with E-state index in [1.807, 2.05) is 24.3 Å². The molecule has 154 valence electrons. The zero-order valence-corrected chi connectivity index (χ0v) is 17.1. The van der Waals surface area contributed by atoms with Crippen molar-refractivity contribution in [3.05, 3.63) is 59.4 Å². The van der Waals surface area contributed by atoms with Gasteiger partial charge in [0.25, 0.3) is 0 Å². The van der Waals surface area contributed by atoms with Gasteiger partial charge in [0.2, 0.25) is 0 Å². The summed E-state index contributed by atoms with van der Waals surface area (Å²) in [6.07, 6.45) is 0. The normalized spacial score (nSPS) is 15.5. The Hall–Kier alpha value is -1.86. The third-order valence-corrected chi connectivity index (χ3v) is 4.83. The van der Waals surface area contributed by atoms with Gasteiger partial charge in [-0.25, -0.2) is 4.39 Å². The molecule has 0 bridgehead atoms. The van der Waals surface area contributed by atoms with Gasteiger partial charge in [-0.3, -0.25) is 4.90 Å². The highest BCUT2D eigenvalue weighted by Crippen LogP contribution is 2.28. The van der Waals surface area contributed by atoms with Crippen molar-refractivity contribution >= 4 is 12.4 Å². The van der Waals surface area contributed by atoms with Gasteiger partial charge in [0.1, 0.15) is 5.82 Å². The van der Waals surface area contributed by atoms with Gasteiger partial charge in [0.15, 0.2) is 11.5 Å². The number of rotatable bonds is 8. The Morgan fingerprint density at radius 1 is 1.07 bits per heavy atom. The largest absolute Gasteiger partial charge is 0.493 e. The molecule has 5 nitrogen and oxygen atoms in total. The number of hydrogen-bond acceptors (Lipinski definition) is 5. The summed E-state index contributed by atoms with van der Waals surface area (Å²) < 4.78 is 29.9. The Morgan fingerprint density at radius 2 is 1.82 bits per heavy atom. The number of morpholine rings is 1. The monoisotopic (exact) mass is 410 g/mol. The molecular weight excluding hydrogens is 383 g/mol. The molecule has 0 amide bonds. The van der Waals surface area contributed by atoms with Gasteiger partial charge < -0.3 is 19.5 Å². The predicted octanol–water partition coefficient (Wildman–Crippen LogP) is 3.43. The van der Waals surface area contributed by atoms with Crippen LogP contribution in [0.15, 0.2) is 42.5 Å². The van der Waals surface area contributed by atoms with Gasteiger partial charge in [0, 0.05) is 32.2 Å². The third-order valence-electron chi connectivity index (χ3n) is 4.83. The first-order valence-corrected chi connectivity index (χ1v) is 9.20. The molecule has 0 spiro atoms. The number of hydrogen-bond donors (Lipinski definition) is 1. The van der Waals surface area contributed by atoms with Crippen molar-refractivity contribution in [2.75, 3.05) is 47.1 Å². The maximum Gasteiger partial charge on any atom is 0.161 e. The second-order valence-corrected chi connectivity index (χ2v) is 6.54. The highest BCUT2D eigenvalue weighted by atomic mass is 35.5. The highest BCUT2D eigenvalue weighted by molar-refractivity contribution is 5.85. The van der Waals surface area contributed by atoms with Crippen LogP contribution < -0.4 is 14.8 Å². The van der Waals surface area contributed by atoms with E-state index in [9.17, 15) is 4.39 Å². The van der Waals surface area contributed by atoms with E-state index in [0.29, 0.717) is 31.3 Å². The van der Waals surface area contributed by atoms with Crippen LogP contribution in [0.25, 0.3) is 0 Å². The number of halogens is 2. The van der Waals surface area contributed by atoms with Crippen LogP contribution in [0.4, 0.5) is 4.39 Å². The molecule has 1 heterocycles. The van der Waals surface area contributed by atoms with E-state index in [2.05, 4.69) is 10.2 Å². The summed E-state index contributed by atoms with van der Waals surface area (Å²) in [5.74, 6) is 1.23. The predicted molar refractivity (Wildman–Crippen MR) is 110 cm³/mol. The molecule has 0 aromatic heterocycles. The smallest absolute Gasteiger partial charge is 0.161 e. The van der Waals surface area contributed by atoms with Crippen LogP contribution in [0.2, 0.25) is 0 Å². The first kappa shape index (κ1) is 22.4. The first-order chi connectivity index (χ1) is 13.2. The van der Waals surface area contributed by atoms with Crippen molar-refractivity contribution in [3.63, 3.8) is 0 Å². The van der Waals surface area contributed by atoms with E-state index in [1.54, 1.807) is 26.4 Å². The molecule has 0 radical (unpaired) electrons.